The number of carboxylic acid groups (broad SMARTS) is 1. The number of anilines is 2. The summed E-state index contributed by atoms with van der Waals surface area (Å²) in [5.41, 5.74) is -0.782. The number of hydrogen-bond donors (Lipinski definition) is 2. The van der Waals surface area contributed by atoms with Crippen LogP contribution in [0.1, 0.15) is 10.4 Å². The monoisotopic (exact) mass is 302 g/mol. The standard InChI is InChI=1S/C12H6ClF3N2O2/c13-7-4-17-10(3-6(7)12(19)20)18-9-2-5(14)1-8(15)11(9)16/h1-4H,(H,17,18)(H,19,20). The topological polar surface area (TPSA) is 62.2 Å². The molecule has 104 valence electrons. The number of pyridine rings is 1. The van der Waals surface area contributed by atoms with E-state index in [1.54, 1.807) is 0 Å². The van der Waals surface area contributed by atoms with Gasteiger partial charge in [-0.2, -0.15) is 0 Å². The van der Waals surface area contributed by atoms with Crippen LogP contribution in [0.25, 0.3) is 0 Å². The van der Waals surface area contributed by atoms with Gasteiger partial charge in [-0.05, 0) is 6.07 Å². The zero-order valence-electron chi connectivity index (χ0n) is 9.62. The molecule has 0 radical (unpaired) electrons. The molecule has 0 amide bonds. The number of hydrogen-bond acceptors (Lipinski definition) is 3. The van der Waals surface area contributed by atoms with E-state index < -0.39 is 29.1 Å². The van der Waals surface area contributed by atoms with Crippen molar-refractivity contribution in [1.29, 1.82) is 0 Å². The van der Waals surface area contributed by atoms with Crippen molar-refractivity contribution in [3.63, 3.8) is 0 Å². The van der Waals surface area contributed by atoms with Crippen LogP contribution in [0, 0.1) is 17.5 Å². The molecule has 0 saturated carbocycles. The first kappa shape index (κ1) is 14.1. The maximum absolute atomic E-state index is 13.4. The number of rotatable bonds is 3. The lowest BCUT2D eigenvalue weighted by molar-refractivity contribution is 0.0697. The molecular weight excluding hydrogens is 297 g/mol. The Bertz CT molecular complexity index is 695. The average Bonchev–Trinajstić information content (AvgIpc) is 2.37. The van der Waals surface area contributed by atoms with E-state index >= 15 is 0 Å². The summed E-state index contributed by atoms with van der Waals surface area (Å²) in [6.07, 6.45) is 1.03. The minimum Gasteiger partial charge on any atom is -0.478 e. The second-order valence-electron chi connectivity index (χ2n) is 3.73. The normalized spacial score (nSPS) is 10.4. The van der Waals surface area contributed by atoms with E-state index in [0.717, 1.165) is 18.3 Å². The van der Waals surface area contributed by atoms with E-state index in [4.69, 9.17) is 16.7 Å². The van der Waals surface area contributed by atoms with Gasteiger partial charge in [0, 0.05) is 18.3 Å². The summed E-state index contributed by atoms with van der Waals surface area (Å²) >= 11 is 5.61. The first-order chi connectivity index (χ1) is 9.38. The maximum atomic E-state index is 13.4. The van der Waals surface area contributed by atoms with Crippen molar-refractivity contribution in [2.45, 2.75) is 0 Å². The largest absolute Gasteiger partial charge is 0.478 e. The number of nitrogens with zero attached hydrogens (tertiary/aromatic N) is 1. The highest BCUT2D eigenvalue weighted by molar-refractivity contribution is 6.33. The minimum atomic E-state index is -1.38. The van der Waals surface area contributed by atoms with Crippen LogP contribution in [-0.2, 0) is 0 Å². The Morgan fingerprint density at radius 3 is 2.60 bits per heavy atom. The smallest absolute Gasteiger partial charge is 0.337 e. The van der Waals surface area contributed by atoms with Crippen LogP contribution in [0.15, 0.2) is 24.4 Å². The van der Waals surface area contributed by atoms with E-state index in [1.807, 2.05) is 0 Å². The van der Waals surface area contributed by atoms with Crippen LogP contribution in [-0.4, -0.2) is 16.1 Å². The molecule has 20 heavy (non-hydrogen) atoms. The number of carbonyl (C=O) groups is 1. The summed E-state index contributed by atoms with van der Waals surface area (Å²) < 4.78 is 39.5. The molecule has 4 nitrogen and oxygen atoms in total. The molecule has 0 aliphatic carbocycles. The number of benzene rings is 1. The predicted molar refractivity (Wildman–Crippen MR) is 65.8 cm³/mol. The molecule has 0 fully saturated rings. The van der Waals surface area contributed by atoms with Crippen molar-refractivity contribution in [2.75, 3.05) is 5.32 Å². The van der Waals surface area contributed by atoms with Crippen LogP contribution in [0.5, 0.6) is 0 Å². The van der Waals surface area contributed by atoms with Crippen LogP contribution < -0.4 is 5.32 Å². The zero-order valence-corrected chi connectivity index (χ0v) is 10.4. The van der Waals surface area contributed by atoms with E-state index in [0.29, 0.717) is 6.07 Å². The SMILES string of the molecule is O=C(O)c1cc(Nc2cc(F)cc(F)c2F)ncc1Cl. The van der Waals surface area contributed by atoms with Crippen LogP contribution in [0.2, 0.25) is 5.02 Å². The Morgan fingerprint density at radius 2 is 1.95 bits per heavy atom. The third kappa shape index (κ3) is 2.83. The molecule has 2 aromatic rings. The Hall–Kier alpha value is -2.28. The Labute approximate surface area is 115 Å². The fourth-order valence-corrected chi connectivity index (χ4v) is 1.64. The van der Waals surface area contributed by atoms with E-state index in [-0.39, 0.29) is 16.4 Å². The summed E-state index contributed by atoms with van der Waals surface area (Å²) in [7, 11) is 0. The van der Waals surface area contributed by atoms with Crippen LogP contribution >= 0.6 is 11.6 Å². The Balaban J connectivity index is 2.40. The van der Waals surface area contributed by atoms with Gasteiger partial charge in [-0.15, -0.1) is 0 Å². The zero-order chi connectivity index (χ0) is 14.9. The highest BCUT2D eigenvalue weighted by Gasteiger charge is 2.14. The minimum absolute atomic E-state index is 0.115. The molecule has 0 atom stereocenters. The summed E-state index contributed by atoms with van der Waals surface area (Å²) in [6, 6.07) is 2.13. The van der Waals surface area contributed by atoms with Crippen molar-refractivity contribution in [1.82, 2.24) is 4.98 Å². The second kappa shape index (κ2) is 5.38. The molecule has 0 bridgehead atoms. The number of carboxylic acids is 1. The molecule has 1 aromatic carbocycles. The molecule has 1 heterocycles. The first-order valence-corrected chi connectivity index (χ1v) is 5.56. The molecule has 0 saturated heterocycles. The lowest BCUT2D eigenvalue weighted by atomic mass is 10.2. The predicted octanol–water partition coefficient (Wildman–Crippen LogP) is 3.59. The summed E-state index contributed by atoms with van der Waals surface area (Å²) in [5, 5.41) is 11.0. The van der Waals surface area contributed by atoms with Crippen LogP contribution in [0.3, 0.4) is 0 Å². The summed E-state index contributed by atoms with van der Waals surface area (Å²) in [5.74, 6) is -5.10. The van der Waals surface area contributed by atoms with Crippen molar-refractivity contribution >= 4 is 29.1 Å². The lowest BCUT2D eigenvalue weighted by Crippen LogP contribution is -2.03. The molecule has 1 aromatic heterocycles. The van der Waals surface area contributed by atoms with Crippen LogP contribution in [0.4, 0.5) is 24.7 Å². The number of aromatic nitrogens is 1. The lowest BCUT2D eigenvalue weighted by Gasteiger charge is -2.08. The molecule has 0 aliphatic rings. The van der Waals surface area contributed by atoms with Gasteiger partial charge in [-0.3, -0.25) is 0 Å². The van der Waals surface area contributed by atoms with Gasteiger partial charge >= 0.3 is 5.97 Å². The van der Waals surface area contributed by atoms with Crippen molar-refractivity contribution in [3.05, 3.63) is 52.4 Å². The third-order valence-corrected chi connectivity index (χ3v) is 2.64. The summed E-state index contributed by atoms with van der Waals surface area (Å²) in [6.45, 7) is 0. The van der Waals surface area contributed by atoms with Gasteiger partial charge in [-0.1, -0.05) is 11.6 Å². The fourth-order valence-electron chi connectivity index (χ4n) is 1.46. The summed E-state index contributed by atoms with van der Waals surface area (Å²) in [4.78, 5) is 14.6. The molecule has 0 unspecified atom stereocenters. The third-order valence-electron chi connectivity index (χ3n) is 2.34. The van der Waals surface area contributed by atoms with E-state index in [2.05, 4.69) is 10.3 Å². The molecular formula is C12H6ClF3N2O2. The fraction of sp³-hybridized carbons (Fsp3) is 0. The number of nitrogens with one attached hydrogen (secondary N) is 1. The number of halogens is 4. The maximum Gasteiger partial charge on any atom is 0.337 e. The van der Waals surface area contributed by atoms with E-state index in [1.165, 1.54) is 0 Å². The quantitative estimate of drug-likeness (QED) is 0.851. The highest BCUT2D eigenvalue weighted by Crippen LogP contribution is 2.24. The first-order valence-electron chi connectivity index (χ1n) is 5.19. The van der Waals surface area contributed by atoms with Gasteiger partial charge < -0.3 is 10.4 Å². The molecule has 8 heteroatoms. The highest BCUT2D eigenvalue weighted by atomic mass is 35.5. The van der Waals surface area contributed by atoms with Crippen molar-refractivity contribution in [3.8, 4) is 0 Å². The van der Waals surface area contributed by atoms with Gasteiger partial charge in [0.15, 0.2) is 11.6 Å². The van der Waals surface area contributed by atoms with Gasteiger partial charge in [0.25, 0.3) is 0 Å². The molecule has 2 N–H and O–H groups in total. The second-order valence-corrected chi connectivity index (χ2v) is 4.14. The molecule has 2 rings (SSSR count). The van der Waals surface area contributed by atoms with Gasteiger partial charge in [0.2, 0.25) is 0 Å². The van der Waals surface area contributed by atoms with Crippen molar-refractivity contribution < 1.29 is 23.1 Å². The molecule has 0 spiro atoms. The van der Waals surface area contributed by atoms with Crippen molar-refractivity contribution in [2.24, 2.45) is 0 Å². The molecule has 0 aliphatic heterocycles. The van der Waals surface area contributed by atoms with Gasteiger partial charge in [0.1, 0.15) is 11.6 Å². The Kier molecular flexibility index (Phi) is 3.80. The van der Waals surface area contributed by atoms with Gasteiger partial charge in [0.05, 0.1) is 16.3 Å². The van der Waals surface area contributed by atoms with Gasteiger partial charge in [-0.25, -0.2) is 22.9 Å². The van der Waals surface area contributed by atoms with E-state index in [9.17, 15) is 18.0 Å². The average molecular weight is 303 g/mol. The number of aromatic carboxylic acids is 1. The Morgan fingerprint density at radius 1 is 1.25 bits per heavy atom.